The van der Waals surface area contributed by atoms with Gasteiger partial charge in [0.25, 0.3) is 0 Å². The van der Waals surface area contributed by atoms with Gasteiger partial charge in [0.1, 0.15) is 6.10 Å². The number of hydrogen-bond donors (Lipinski definition) is 1. The van der Waals surface area contributed by atoms with Gasteiger partial charge in [0.15, 0.2) is 28.8 Å². The van der Waals surface area contributed by atoms with Crippen LogP contribution in [0.25, 0.3) is 0 Å². The van der Waals surface area contributed by atoms with Gasteiger partial charge >= 0.3 is 5.97 Å². The fourth-order valence-electron chi connectivity index (χ4n) is 6.49. The van der Waals surface area contributed by atoms with Gasteiger partial charge < -0.3 is 29.0 Å². The fourth-order valence-corrected chi connectivity index (χ4v) is 7.11. The fraction of sp³-hybridized carbons (Fsp3) is 0.455. The molecule has 0 spiro atoms. The number of ketones is 1. The minimum absolute atomic E-state index is 0.0186. The lowest BCUT2D eigenvalue weighted by molar-refractivity contribution is -0.146. The molecule has 2 aromatic carbocycles. The number of hydrogen-bond acceptors (Lipinski definition) is 8. The van der Waals surface area contributed by atoms with Crippen LogP contribution in [0.4, 0.5) is 0 Å². The van der Waals surface area contributed by atoms with Gasteiger partial charge in [0.2, 0.25) is 0 Å². The van der Waals surface area contributed by atoms with E-state index in [0.717, 1.165) is 48.9 Å². The van der Waals surface area contributed by atoms with Crippen LogP contribution < -0.4 is 24.3 Å². The molecule has 8 nitrogen and oxygen atoms in total. The molecule has 1 saturated carbocycles. The van der Waals surface area contributed by atoms with E-state index < -0.39 is 5.92 Å². The van der Waals surface area contributed by atoms with Crippen LogP contribution in [-0.2, 0) is 14.3 Å². The number of methoxy groups -OCH3 is 4. The highest BCUT2D eigenvalue weighted by Crippen LogP contribution is 2.49. The lowest BCUT2D eigenvalue weighted by Gasteiger charge is -2.37. The summed E-state index contributed by atoms with van der Waals surface area (Å²) >= 11 is 3.61. The maximum absolute atomic E-state index is 14.1. The van der Waals surface area contributed by atoms with Gasteiger partial charge in [-0.05, 0) is 96.3 Å². The second-order valence-corrected chi connectivity index (χ2v) is 11.9. The highest BCUT2D eigenvalue weighted by atomic mass is 79.9. The van der Waals surface area contributed by atoms with E-state index in [1.807, 2.05) is 37.3 Å². The van der Waals surface area contributed by atoms with Crippen LogP contribution in [0.1, 0.15) is 74.8 Å². The molecule has 0 bridgehead atoms. The summed E-state index contributed by atoms with van der Waals surface area (Å²) in [6.07, 6.45) is 5.75. The van der Waals surface area contributed by atoms with Crippen molar-refractivity contribution >= 4 is 27.7 Å². The van der Waals surface area contributed by atoms with Gasteiger partial charge in [0, 0.05) is 29.3 Å². The molecule has 1 fully saturated rings. The lowest BCUT2D eigenvalue weighted by Crippen LogP contribution is -2.37. The first-order valence-corrected chi connectivity index (χ1v) is 15.2. The Morgan fingerprint density at radius 2 is 1.55 bits per heavy atom. The highest BCUT2D eigenvalue weighted by Gasteiger charge is 2.42. The zero-order valence-corrected chi connectivity index (χ0v) is 26.4. The van der Waals surface area contributed by atoms with Crippen molar-refractivity contribution in [2.75, 3.05) is 28.4 Å². The van der Waals surface area contributed by atoms with Gasteiger partial charge in [-0.25, -0.2) is 4.79 Å². The second-order valence-electron chi connectivity index (χ2n) is 11.0. The Morgan fingerprint density at radius 1 is 0.857 bits per heavy atom. The topological polar surface area (TPSA) is 92.3 Å². The third-order valence-corrected chi connectivity index (χ3v) is 9.13. The molecule has 224 valence electrons. The number of nitrogens with one attached hydrogen (secondary N) is 1. The molecule has 2 atom stereocenters. The quantitative estimate of drug-likeness (QED) is 0.318. The largest absolute Gasteiger partial charge is 0.493 e. The second kappa shape index (κ2) is 12.8. The van der Waals surface area contributed by atoms with Crippen LogP contribution >= 0.6 is 15.9 Å². The molecule has 2 aromatic rings. The number of halogens is 1. The molecule has 0 radical (unpaired) electrons. The molecule has 1 N–H and O–H groups in total. The Balaban J connectivity index is 1.58. The first-order chi connectivity index (χ1) is 20.3. The highest BCUT2D eigenvalue weighted by molar-refractivity contribution is 9.10. The number of carbonyl (C=O) groups is 2. The maximum Gasteiger partial charge on any atom is 0.337 e. The van der Waals surface area contributed by atoms with Gasteiger partial charge in [-0.2, -0.15) is 0 Å². The molecule has 9 heteroatoms. The Morgan fingerprint density at radius 3 is 2.21 bits per heavy atom. The van der Waals surface area contributed by atoms with E-state index in [9.17, 15) is 9.59 Å². The maximum atomic E-state index is 14.1. The summed E-state index contributed by atoms with van der Waals surface area (Å²) < 4.78 is 28.9. The molecule has 0 aromatic heterocycles. The van der Waals surface area contributed by atoms with Crippen molar-refractivity contribution in [3.8, 4) is 23.0 Å². The van der Waals surface area contributed by atoms with Crippen LogP contribution in [0.3, 0.4) is 0 Å². The third kappa shape index (κ3) is 5.76. The monoisotopic (exact) mass is 639 g/mol. The Hall–Kier alpha value is -3.46. The predicted octanol–water partition coefficient (Wildman–Crippen LogP) is 6.72. The molecular weight excluding hydrogens is 602 g/mol. The van der Waals surface area contributed by atoms with Crippen LogP contribution in [0.15, 0.2) is 57.3 Å². The summed E-state index contributed by atoms with van der Waals surface area (Å²) in [4.78, 5) is 28.0. The van der Waals surface area contributed by atoms with E-state index in [1.165, 1.54) is 0 Å². The molecule has 5 rings (SSSR count). The molecule has 2 aliphatic carbocycles. The number of esters is 1. The van der Waals surface area contributed by atoms with E-state index >= 15 is 0 Å². The smallest absolute Gasteiger partial charge is 0.337 e. The Kier molecular flexibility index (Phi) is 9.16. The molecular formula is C33H38BrNO7. The third-order valence-electron chi connectivity index (χ3n) is 8.54. The molecule has 3 aliphatic rings. The standard InChI is InChI=1S/C33H38BrNO7/c1-18-29(33(37)42-22-9-7-6-8-10-22)30(21-13-23(34)32(41-5)28(17-21)40-4)31-24(35-18)14-20(15-25(31)36)19-11-12-26(38-2)27(16-19)39-3/h11-13,16-17,20,22,30,35H,6-10,14-15H2,1-5H3/t20-,30-/m1/s1. The predicted molar refractivity (Wildman–Crippen MR) is 162 cm³/mol. The average molecular weight is 641 g/mol. The van der Waals surface area contributed by atoms with Crippen molar-refractivity contribution < 1.29 is 33.3 Å². The van der Waals surface area contributed by atoms with Crippen LogP contribution in [0, 0.1) is 0 Å². The van der Waals surface area contributed by atoms with E-state index in [1.54, 1.807) is 28.4 Å². The summed E-state index contributed by atoms with van der Waals surface area (Å²) in [6, 6.07) is 9.53. The van der Waals surface area contributed by atoms with E-state index in [4.69, 9.17) is 23.7 Å². The van der Waals surface area contributed by atoms with Gasteiger partial charge in [-0.3, -0.25) is 4.79 Å². The molecule has 42 heavy (non-hydrogen) atoms. The summed E-state index contributed by atoms with van der Waals surface area (Å²) in [7, 11) is 6.34. The SMILES string of the molecule is COc1ccc([C@H]2CC(=O)C3=C(C2)NC(C)=C(C(=O)OC2CCCCC2)[C@H]3c2cc(Br)c(OC)c(OC)c2)cc1OC. The number of allylic oxidation sites excluding steroid dienone is 3. The minimum atomic E-state index is -0.618. The number of rotatable bonds is 8. The number of ether oxygens (including phenoxy) is 5. The first-order valence-electron chi connectivity index (χ1n) is 14.4. The molecule has 0 unspecified atom stereocenters. The zero-order chi connectivity index (χ0) is 30.0. The summed E-state index contributed by atoms with van der Waals surface area (Å²) in [5.74, 6) is 1.22. The average Bonchev–Trinajstić information content (AvgIpc) is 2.99. The van der Waals surface area contributed by atoms with Crippen molar-refractivity contribution in [1.82, 2.24) is 5.32 Å². The Labute approximate surface area is 255 Å². The Bertz CT molecular complexity index is 1440. The summed E-state index contributed by atoms with van der Waals surface area (Å²) in [5.41, 5.74) is 4.29. The normalized spacial score (nSPS) is 21.0. The van der Waals surface area contributed by atoms with Crippen molar-refractivity contribution in [1.29, 1.82) is 0 Å². The van der Waals surface area contributed by atoms with Gasteiger partial charge in [-0.1, -0.05) is 12.5 Å². The number of dihydropyridines is 1. The lowest BCUT2D eigenvalue weighted by atomic mass is 9.71. The molecule has 0 amide bonds. The summed E-state index contributed by atoms with van der Waals surface area (Å²) in [5, 5.41) is 3.45. The van der Waals surface area contributed by atoms with Crippen LogP contribution in [0.2, 0.25) is 0 Å². The first kappa shape index (κ1) is 30.0. The number of benzene rings is 2. The zero-order valence-electron chi connectivity index (χ0n) is 24.8. The van der Waals surface area contributed by atoms with Crippen LogP contribution in [-0.4, -0.2) is 46.3 Å². The molecule has 1 aliphatic heterocycles. The summed E-state index contributed by atoms with van der Waals surface area (Å²) in [6.45, 7) is 1.88. The molecule has 0 saturated heterocycles. The van der Waals surface area contributed by atoms with E-state index in [0.29, 0.717) is 57.2 Å². The van der Waals surface area contributed by atoms with Crippen molar-refractivity contribution in [3.63, 3.8) is 0 Å². The van der Waals surface area contributed by atoms with Gasteiger partial charge in [-0.15, -0.1) is 0 Å². The van der Waals surface area contributed by atoms with Crippen molar-refractivity contribution in [2.24, 2.45) is 0 Å². The van der Waals surface area contributed by atoms with E-state index in [2.05, 4.69) is 21.2 Å². The van der Waals surface area contributed by atoms with Crippen molar-refractivity contribution in [2.45, 2.75) is 69.8 Å². The molecule has 1 heterocycles. The van der Waals surface area contributed by atoms with E-state index in [-0.39, 0.29) is 23.8 Å². The van der Waals surface area contributed by atoms with Crippen LogP contribution in [0.5, 0.6) is 23.0 Å². The minimum Gasteiger partial charge on any atom is -0.493 e. The number of carbonyl (C=O) groups excluding carboxylic acids is 2. The number of Topliss-reactive ketones (excluding diaryl/α,β-unsaturated/α-hetero) is 1. The van der Waals surface area contributed by atoms with Crippen molar-refractivity contribution in [3.05, 3.63) is 68.5 Å². The van der Waals surface area contributed by atoms with Gasteiger partial charge in [0.05, 0.1) is 38.5 Å².